The summed E-state index contributed by atoms with van der Waals surface area (Å²) in [6, 6.07) is -1.23. The van der Waals surface area contributed by atoms with Gasteiger partial charge in [0.05, 0.1) is 0 Å². The maximum Gasteiger partial charge on any atom is 1.00 e. The van der Waals surface area contributed by atoms with Crippen LogP contribution in [0.5, 0.6) is 0 Å². The second-order valence-electron chi connectivity index (χ2n) is 2.65. The summed E-state index contributed by atoms with van der Waals surface area (Å²) in [6.45, 7) is 2.39. The second-order valence-corrected chi connectivity index (χ2v) is 6.24. The fourth-order valence-corrected chi connectivity index (χ4v) is 2.42. The molecule has 0 aliphatic carbocycles. The van der Waals surface area contributed by atoms with E-state index >= 15 is 0 Å². The van der Waals surface area contributed by atoms with Gasteiger partial charge in [0, 0.05) is 16.0 Å². The molecule has 0 aliphatic heterocycles. The molecule has 0 aliphatic rings. The third-order valence-electron chi connectivity index (χ3n) is 1.29. The molecular formula is C6H10NNaO6S2. The van der Waals surface area contributed by atoms with E-state index in [0.717, 1.165) is 0 Å². The number of carboxylic acids is 1. The number of hydrogen-bond acceptors (Lipinski definition) is 6. The van der Waals surface area contributed by atoms with Gasteiger partial charge < -0.3 is 10.2 Å². The topological polar surface area (TPSA) is 127 Å². The summed E-state index contributed by atoms with van der Waals surface area (Å²) >= 11 is 0. The van der Waals surface area contributed by atoms with E-state index in [4.69, 9.17) is 9.66 Å². The molecule has 0 bridgehead atoms. The van der Waals surface area contributed by atoms with Crippen molar-refractivity contribution >= 4 is 31.8 Å². The predicted molar refractivity (Wildman–Crippen MR) is 53.1 cm³/mol. The first kappa shape index (κ1) is 18.6. The Morgan fingerprint density at radius 1 is 1.44 bits per heavy atom. The van der Waals surface area contributed by atoms with Gasteiger partial charge in [-0.2, -0.15) is 8.42 Å². The van der Waals surface area contributed by atoms with Crippen LogP contribution >= 0.6 is 10.8 Å². The summed E-state index contributed by atoms with van der Waals surface area (Å²) in [5.74, 6) is -2.18. The van der Waals surface area contributed by atoms with Crippen LogP contribution in [0.25, 0.3) is 0 Å². The van der Waals surface area contributed by atoms with Gasteiger partial charge in [-0.05, 0) is 19.7 Å². The van der Waals surface area contributed by atoms with Gasteiger partial charge in [-0.25, -0.2) is 4.79 Å². The molecule has 0 aromatic rings. The van der Waals surface area contributed by atoms with Crippen molar-refractivity contribution in [1.82, 2.24) is 0 Å². The molecule has 7 nitrogen and oxygen atoms in total. The van der Waals surface area contributed by atoms with Gasteiger partial charge in [0.1, 0.15) is 6.04 Å². The van der Waals surface area contributed by atoms with Gasteiger partial charge in [0.25, 0.3) is 0 Å². The first-order valence-electron chi connectivity index (χ1n) is 3.76. The molecule has 2 atom stereocenters. The minimum atomic E-state index is -4.34. The zero-order valence-corrected chi connectivity index (χ0v) is 12.6. The average molecular weight is 279 g/mol. The Balaban J connectivity index is 0. The number of nitrogens with zero attached hydrogens (tertiary/aromatic N) is 1. The largest absolute Gasteiger partial charge is 1.00 e. The van der Waals surface area contributed by atoms with Crippen molar-refractivity contribution < 1.29 is 57.5 Å². The second kappa shape index (κ2) is 7.51. The average Bonchev–Trinajstić information content (AvgIpc) is 2.00. The fourth-order valence-electron chi connectivity index (χ4n) is 0.575. The smallest absolute Gasteiger partial charge is 0.861 e. The standard InChI is InChI=1S/C6H11NO6S2.Na/c1-3(6(9)10)7-5(8)4(2)14-15(11,12)13;/h3-4H,1-2H3,(H,7,8)(H,9,10)(H,11,12,13);/q;+1/p-1/t3-,4?;/m0./s1. The third-order valence-corrected chi connectivity index (χ3v) is 3.62. The number of aliphatic carboxylic acids is 1. The van der Waals surface area contributed by atoms with E-state index < -0.39 is 32.3 Å². The first-order chi connectivity index (χ1) is 6.63. The van der Waals surface area contributed by atoms with Crippen molar-refractivity contribution in [2.75, 3.05) is 0 Å². The van der Waals surface area contributed by atoms with E-state index in [2.05, 4.69) is 4.99 Å². The maximum atomic E-state index is 11.1. The summed E-state index contributed by atoms with van der Waals surface area (Å²) in [5, 5.41) is 18.4. The van der Waals surface area contributed by atoms with Crippen LogP contribution in [0.4, 0.5) is 0 Å². The van der Waals surface area contributed by atoms with Crippen molar-refractivity contribution in [3.63, 3.8) is 0 Å². The first-order valence-corrected chi connectivity index (χ1v) is 6.60. The summed E-state index contributed by atoms with van der Waals surface area (Å²) in [7, 11) is -4.33. The summed E-state index contributed by atoms with van der Waals surface area (Å²) in [5.41, 5.74) is 0. The predicted octanol–water partition coefficient (Wildman–Crippen LogP) is -3.85. The van der Waals surface area contributed by atoms with Crippen LogP contribution in [0.3, 0.4) is 0 Å². The molecule has 0 aromatic carbocycles. The molecule has 88 valence electrons. The maximum absolute atomic E-state index is 11.1. The van der Waals surface area contributed by atoms with E-state index in [9.17, 15) is 18.3 Å². The molecule has 0 saturated heterocycles. The number of aliphatic imine (C=N–C) groups is 1. The Labute approximate surface area is 119 Å². The Kier molecular flexibility index (Phi) is 8.71. The van der Waals surface area contributed by atoms with Crippen LogP contribution in [-0.4, -0.2) is 41.2 Å². The molecular weight excluding hydrogens is 269 g/mol. The minimum absolute atomic E-state index is 0. The number of rotatable bonds is 5. The molecule has 10 heteroatoms. The van der Waals surface area contributed by atoms with Crippen molar-refractivity contribution in [3.05, 3.63) is 0 Å². The quantitative estimate of drug-likeness (QED) is 0.173. The molecule has 0 amide bonds. The monoisotopic (exact) mass is 279 g/mol. The Hall–Kier alpha value is 0.200. The molecule has 16 heavy (non-hydrogen) atoms. The summed E-state index contributed by atoms with van der Waals surface area (Å²) < 4.78 is 29.2. The van der Waals surface area contributed by atoms with Crippen molar-refractivity contribution in [2.45, 2.75) is 25.1 Å². The van der Waals surface area contributed by atoms with Crippen molar-refractivity contribution in [3.8, 4) is 0 Å². The molecule has 0 radical (unpaired) electrons. The van der Waals surface area contributed by atoms with Gasteiger partial charge in [-0.1, -0.05) is 0 Å². The van der Waals surface area contributed by atoms with E-state index in [1.54, 1.807) is 0 Å². The van der Waals surface area contributed by atoms with Gasteiger partial charge in [-0.15, -0.1) is 0 Å². The van der Waals surface area contributed by atoms with Crippen LogP contribution in [0.15, 0.2) is 4.99 Å². The molecule has 0 fully saturated rings. The zero-order chi connectivity index (χ0) is 12.2. The Morgan fingerprint density at radius 2 is 1.88 bits per heavy atom. The molecule has 0 heterocycles. The van der Waals surface area contributed by atoms with Gasteiger partial charge in [-0.3, -0.25) is 9.55 Å². The number of carboxylic acid groups (broad SMARTS) is 1. The number of carbonyl (C=O) groups is 1. The van der Waals surface area contributed by atoms with Crippen LogP contribution in [0.1, 0.15) is 13.8 Å². The van der Waals surface area contributed by atoms with Gasteiger partial charge in [0.15, 0.2) is 0 Å². The number of hydrogen-bond donors (Lipinski definition) is 2. The van der Waals surface area contributed by atoms with E-state index in [0.29, 0.717) is 0 Å². The van der Waals surface area contributed by atoms with Crippen molar-refractivity contribution in [2.24, 2.45) is 4.99 Å². The molecule has 0 rings (SSSR count). The van der Waals surface area contributed by atoms with Gasteiger partial charge >= 0.3 is 44.7 Å². The Bertz CT molecular complexity index is 367. The molecule has 1 unspecified atom stereocenters. The normalized spacial score (nSPS) is 16.1. The van der Waals surface area contributed by atoms with E-state index in [-0.39, 0.29) is 40.4 Å². The SMILES string of the molecule is CC(SS(=O)(=O)O)C([O-])=N[C@@H](C)C(=O)O.[Na+]. The zero-order valence-electron chi connectivity index (χ0n) is 8.95. The third kappa shape index (κ3) is 8.36. The summed E-state index contributed by atoms with van der Waals surface area (Å²) in [4.78, 5) is 13.5. The van der Waals surface area contributed by atoms with Gasteiger partial charge in [0.2, 0.25) is 0 Å². The van der Waals surface area contributed by atoms with E-state index in [1.807, 2.05) is 0 Å². The molecule has 0 saturated carbocycles. The van der Waals surface area contributed by atoms with Crippen LogP contribution in [0, 0.1) is 0 Å². The van der Waals surface area contributed by atoms with Crippen LogP contribution in [-0.2, 0) is 13.9 Å². The minimum Gasteiger partial charge on any atom is -0.861 e. The Morgan fingerprint density at radius 3 is 2.19 bits per heavy atom. The summed E-state index contributed by atoms with van der Waals surface area (Å²) in [6.07, 6.45) is 0. The molecule has 0 aromatic heterocycles. The van der Waals surface area contributed by atoms with Crippen LogP contribution in [0.2, 0.25) is 0 Å². The van der Waals surface area contributed by atoms with E-state index in [1.165, 1.54) is 13.8 Å². The van der Waals surface area contributed by atoms with Crippen LogP contribution < -0.4 is 34.7 Å². The molecule has 0 spiro atoms. The van der Waals surface area contributed by atoms with Crippen molar-refractivity contribution in [1.29, 1.82) is 0 Å². The molecule has 2 N–H and O–H groups in total. The fraction of sp³-hybridized carbons (Fsp3) is 0.667.